The standard InChI is InChI=1S/C31H29N5O5S/c1-3-41-29(38)19-36(42(39,40)28-8-4-6-21-7-5-15-34-30(21)28)23-13-14-26-24(17-23)25(18-35(26)2)27(37)16-20-9-11-22(12-10-20)31(32)33/h4-15,17-18H,3,16,19H2,1-2H3,(H3,32,33). The Kier molecular flexibility index (Phi) is 7.77. The minimum atomic E-state index is -4.30. The lowest BCUT2D eigenvalue weighted by atomic mass is 10.0. The van der Waals surface area contributed by atoms with Gasteiger partial charge in [-0.1, -0.05) is 42.5 Å². The molecule has 214 valence electrons. The summed E-state index contributed by atoms with van der Waals surface area (Å²) in [5, 5.41) is 8.74. The van der Waals surface area contributed by atoms with Gasteiger partial charge in [-0.25, -0.2) is 8.42 Å². The van der Waals surface area contributed by atoms with Crippen LogP contribution in [0.25, 0.3) is 21.8 Å². The predicted octanol–water partition coefficient (Wildman–Crippen LogP) is 4.19. The summed E-state index contributed by atoms with van der Waals surface area (Å²) in [5.74, 6) is -0.949. The van der Waals surface area contributed by atoms with Crippen LogP contribution in [0.2, 0.25) is 0 Å². The first-order valence-electron chi connectivity index (χ1n) is 13.2. The number of ketones is 1. The number of benzene rings is 3. The molecule has 3 aromatic carbocycles. The van der Waals surface area contributed by atoms with E-state index in [4.69, 9.17) is 15.9 Å². The number of carbonyl (C=O) groups is 2. The van der Waals surface area contributed by atoms with Crippen molar-refractivity contribution in [2.45, 2.75) is 18.2 Å². The summed E-state index contributed by atoms with van der Waals surface area (Å²) >= 11 is 0. The van der Waals surface area contributed by atoms with E-state index in [0.717, 1.165) is 9.87 Å². The summed E-state index contributed by atoms with van der Waals surface area (Å²) in [6.45, 7) is 1.17. The maximum Gasteiger partial charge on any atom is 0.326 e. The highest BCUT2D eigenvalue weighted by Crippen LogP contribution is 2.32. The lowest BCUT2D eigenvalue weighted by Gasteiger charge is -2.24. The molecule has 11 heteroatoms. The van der Waals surface area contributed by atoms with Gasteiger partial charge in [0.05, 0.1) is 17.8 Å². The van der Waals surface area contributed by atoms with E-state index in [9.17, 15) is 18.0 Å². The molecule has 5 aromatic rings. The molecule has 0 bridgehead atoms. The van der Waals surface area contributed by atoms with Crippen LogP contribution < -0.4 is 10.0 Å². The van der Waals surface area contributed by atoms with Crippen LogP contribution in [-0.4, -0.2) is 48.7 Å². The number of hydrogen-bond acceptors (Lipinski definition) is 7. The molecule has 5 rings (SSSR count). The zero-order chi connectivity index (χ0) is 30.0. The summed E-state index contributed by atoms with van der Waals surface area (Å²) in [5.41, 5.74) is 8.45. The Balaban J connectivity index is 1.59. The van der Waals surface area contributed by atoms with Gasteiger partial charge >= 0.3 is 5.97 Å². The van der Waals surface area contributed by atoms with Crippen LogP contribution in [0.4, 0.5) is 5.69 Å². The monoisotopic (exact) mass is 583 g/mol. The Labute approximate surface area is 242 Å². The molecule has 0 spiro atoms. The number of nitrogen functional groups attached to an aromatic ring is 1. The van der Waals surface area contributed by atoms with Crippen LogP contribution in [0, 0.1) is 5.41 Å². The Morgan fingerprint density at radius 3 is 2.50 bits per heavy atom. The zero-order valence-corrected chi connectivity index (χ0v) is 23.9. The minimum Gasteiger partial charge on any atom is -0.465 e. The maximum atomic E-state index is 14.1. The van der Waals surface area contributed by atoms with Gasteiger partial charge in [0.15, 0.2) is 5.78 Å². The molecule has 0 radical (unpaired) electrons. The first-order valence-corrected chi connectivity index (χ1v) is 14.6. The Morgan fingerprint density at radius 1 is 1.05 bits per heavy atom. The van der Waals surface area contributed by atoms with E-state index >= 15 is 0 Å². The molecule has 42 heavy (non-hydrogen) atoms. The number of nitrogens with one attached hydrogen (secondary N) is 1. The molecule has 0 aliphatic heterocycles. The van der Waals surface area contributed by atoms with Crippen molar-refractivity contribution >= 4 is 55.1 Å². The normalized spacial score (nSPS) is 11.5. The zero-order valence-electron chi connectivity index (χ0n) is 23.1. The van der Waals surface area contributed by atoms with Gasteiger partial charge < -0.3 is 15.0 Å². The van der Waals surface area contributed by atoms with Crippen molar-refractivity contribution < 1.29 is 22.7 Å². The second-order valence-electron chi connectivity index (χ2n) is 9.71. The summed E-state index contributed by atoms with van der Waals surface area (Å²) in [4.78, 5) is 30.4. The average Bonchev–Trinajstić information content (AvgIpc) is 3.31. The van der Waals surface area contributed by atoms with E-state index in [1.807, 2.05) is 0 Å². The number of esters is 1. The molecule has 0 saturated heterocycles. The number of nitrogens with two attached hydrogens (primary N) is 1. The number of aryl methyl sites for hydroxylation is 1. The van der Waals surface area contributed by atoms with Crippen LogP contribution >= 0.6 is 0 Å². The lowest BCUT2D eigenvalue weighted by Crippen LogP contribution is -2.36. The molecular formula is C31H29N5O5S. The van der Waals surface area contributed by atoms with E-state index in [0.29, 0.717) is 27.4 Å². The number of sulfonamides is 1. The number of anilines is 1. The van der Waals surface area contributed by atoms with Gasteiger partial charge in [0.1, 0.15) is 17.3 Å². The van der Waals surface area contributed by atoms with Crippen LogP contribution in [-0.2, 0) is 33.0 Å². The van der Waals surface area contributed by atoms with Gasteiger partial charge in [0, 0.05) is 53.3 Å². The SMILES string of the molecule is CCOC(=O)CN(c1ccc2c(c1)c(C(=O)Cc1ccc(C(=N)N)cc1)cn2C)S(=O)(=O)c1cccc2cccnc12. The fourth-order valence-corrected chi connectivity index (χ4v) is 6.45. The fourth-order valence-electron chi connectivity index (χ4n) is 4.88. The van der Waals surface area contributed by atoms with E-state index in [1.54, 1.807) is 91.5 Å². The quantitative estimate of drug-likeness (QED) is 0.108. The van der Waals surface area contributed by atoms with Crippen LogP contribution in [0.15, 0.2) is 90.1 Å². The molecule has 3 N–H and O–H groups in total. The lowest BCUT2D eigenvalue weighted by molar-refractivity contribution is -0.141. The van der Waals surface area contributed by atoms with Crippen molar-refractivity contribution in [3.8, 4) is 0 Å². The van der Waals surface area contributed by atoms with Crippen molar-refractivity contribution in [1.29, 1.82) is 5.41 Å². The first kappa shape index (κ1) is 28.5. The number of ether oxygens (including phenoxy) is 1. The number of hydrogen-bond donors (Lipinski definition) is 2. The van der Waals surface area contributed by atoms with Gasteiger partial charge in [-0.2, -0.15) is 0 Å². The van der Waals surface area contributed by atoms with Crippen LogP contribution in [0.3, 0.4) is 0 Å². The number of aromatic nitrogens is 2. The third-order valence-corrected chi connectivity index (χ3v) is 8.74. The van der Waals surface area contributed by atoms with Crippen molar-refractivity contribution in [2.24, 2.45) is 12.8 Å². The summed E-state index contributed by atoms with van der Waals surface area (Å²) < 4.78 is 36.2. The number of Topliss-reactive ketones (excluding diaryl/α,β-unsaturated/α-hetero) is 1. The second-order valence-corrected chi connectivity index (χ2v) is 11.5. The number of rotatable bonds is 10. The average molecular weight is 584 g/mol. The third-order valence-electron chi connectivity index (χ3n) is 6.93. The first-order chi connectivity index (χ1) is 20.1. The number of fused-ring (bicyclic) bond motifs is 2. The molecular weight excluding hydrogens is 554 g/mol. The highest BCUT2D eigenvalue weighted by atomic mass is 32.2. The highest BCUT2D eigenvalue weighted by Gasteiger charge is 2.30. The molecule has 0 aliphatic rings. The number of amidine groups is 1. The molecule has 0 aliphatic carbocycles. The van der Waals surface area contributed by atoms with E-state index < -0.39 is 22.5 Å². The van der Waals surface area contributed by atoms with E-state index in [1.165, 1.54) is 12.3 Å². The van der Waals surface area contributed by atoms with Crippen LogP contribution in [0.5, 0.6) is 0 Å². The molecule has 0 atom stereocenters. The fraction of sp³-hybridized carbons (Fsp3) is 0.161. The van der Waals surface area contributed by atoms with Gasteiger partial charge in [-0.3, -0.25) is 24.3 Å². The predicted molar refractivity (Wildman–Crippen MR) is 161 cm³/mol. The Morgan fingerprint density at radius 2 is 1.79 bits per heavy atom. The Bertz CT molecular complexity index is 1940. The summed E-state index contributed by atoms with van der Waals surface area (Å²) in [7, 11) is -2.50. The second kappa shape index (κ2) is 11.5. The number of carbonyl (C=O) groups excluding carboxylic acids is 2. The van der Waals surface area contributed by atoms with Crippen molar-refractivity contribution in [2.75, 3.05) is 17.5 Å². The van der Waals surface area contributed by atoms with Crippen LogP contribution in [0.1, 0.15) is 28.4 Å². The number of nitrogens with zero attached hydrogens (tertiary/aromatic N) is 3. The summed E-state index contributed by atoms with van der Waals surface area (Å²) in [6, 6.07) is 20.1. The minimum absolute atomic E-state index is 0.0524. The molecule has 2 heterocycles. The molecule has 0 amide bonds. The molecule has 0 saturated carbocycles. The van der Waals surface area contributed by atoms with Crippen molar-refractivity contribution in [3.63, 3.8) is 0 Å². The largest absolute Gasteiger partial charge is 0.465 e. The maximum absolute atomic E-state index is 14.1. The highest BCUT2D eigenvalue weighted by molar-refractivity contribution is 7.93. The van der Waals surface area contributed by atoms with Crippen molar-refractivity contribution in [3.05, 3.63) is 102 Å². The van der Waals surface area contributed by atoms with Gasteiger partial charge in [0.25, 0.3) is 10.0 Å². The number of pyridine rings is 1. The van der Waals surface area contributed by atoms with E-state index in [-0.39, 0.29) is 40.7 Å². The molecule has 10 nitrogen and oxygen atoms in total. The third kappa shape index (κ3) is 5.46. The smallest absolute Gasteiger partial charge is 0.326 e. The van der Waals surface area contributed by atoms with Crippen molar-refractivity contribution in [1.82, 2.24) is 9.55 Å². The van der Waals surface area contributed by atoms with Gasteiger partial charge in [0.2, 0.25) is 0 Å². The molecule has 2 aromatic heterocycles. The Hall–Kier alpha value is -5.03. The summed E-state index contributed by atoms with van der Waals surface area (Å²) in [6.07, 6.45) is 3.31. The van der Waals surface area contributed by atoms with E-state index in [2.05, 4.69) is 4.98 Å². The topological polar surface area (TPSA) is 148 Å². The van der Waals surface area contributed by atoms with Gasteiger partial charge in [-0.15, -0.1) is 0 Å². The molecule has 0 unspecified atom stereocenters. The number of para-hydroxylation sites is 1. The molecule has 0 fully saturated rings. The van der Waals surface area contributed by atoms with Gasteiger partial charge in [-0.05, 0) is 42.8 Å².